The zero-order valence-electron chi connectivity index (χ0n) is 20.2. The van der Waals surface area contributed by atoms with Crippen molar-refractivity contribution in [2.24, 2.45) is 5.92 Å². The summed E-state index contributed by atoms with van der Waals surface area (Å²) in [6.45, 7) is 1.98. The Balaban J connectivity index is 1.38. The number of ether oxygens (including phenoxy) is 1. The molecule has 1 aliphatic heterocycles. The Morgan fingerprint density at radius 1 is 1.26 bits per heavy atom. The standard InChI is InChI=1S/C27H32N4O3S/c1-34-22-11-5-10-21(17-22)31-26(33)24-23(13-16-35-24)29-27(31)30-15-6-9-20(18-30)25(32)28-14-12-19-7-3-2-4-8-19/h5,7,10-11,13,16-17,20H,2-4,6,8-9,12,14-15,18H2,1H3,(H,28,32). The molecule has 8 heteroatoms. The van der Waals surface area contributed by atoms with Crippen molar-refractivity contribution in [2.45, 2.75) is 44.9 Å². The summed E-state index contributed by atoms with van der Waals surface area (Å²) >= 11 is 1.40. The number of aromatic nitrogens is 2. The number of rotatable bonds is 7. The number of anilines is 1. The minimum atomic E-state index is -0.127. The van der Waals surface area contributed by atoms with E-state index in [1.165, 1.54) is 29.8 Å². The number of methoxy groups -OCH3 is 1. The van der Waals surface area contributed by atoms with Crippen LogP contribution < -0.4 is 20.5 Å². The highest BCUT2D eigenvalue weighted by molar-refractivity contribution is 7.17. The Morgan fingerprint density at radius 3 is 3.00 bits per heavy atom. The highest BCUT2D eigenvalue weighted by Gasteiger charge is 2.29. The van der Waals surface area contributed by atoms with Gasteiger partial charge in [0.25, 0.3) is 5.56 Å². The second-order valence-corrected chi connectivity index (χ2v) is 10.2. The van der Waals surface area contributed by atoms with Gasteiger partial charge in [0.15, 0.2) is 0 Å². The summed E-state index contributed by atoms with van der Waals surface area (Å²) < 4.78 is 7.69. The first-order chi connectivity index (χ1) is 17.1. The second-order valence-electron chi connectivity index (χ2n) is 9.32. The van der Waals surface area contributed by atoms with Crippen LogP contribution in [0.25, 0.3) is 15.9 Å². The van der Waals surface area contributed by atoms with Crippen molar-refractivity contribution >= 4 is 33.4 Å². The van der Waals surface area contributed by atoms with Crippen molar-refractivity contribution in [3.05, 3.63) is 57.7 Å². The molecule has 3 aromatic rings. The third-order valence-corrected chi connectivity index (χ3v) is 7.87. The molecule has 5 rings (SSSR count). The molecule has 7 nitrogen and oxygen atoms in total. The van der Waals surface area contributed by atoms with Crippen molar-refractivity contribution in [1.29, 1.82) is 0 Å². The lowest BCUT2D eigenvalue weighted by atomic mass is 9.96. The SMILES string of the molecule is COc1cccc(-n2c(N3CCCC(C(=O)NCCC4=CCCCC4)C3)nc3ccsc3c2=O)c1. The highest BCUT2D eigenvalue weighted by Crippen LogP contribution is 2.28. The normalized spacial score (nSPS) is 18.4. The number of amides is 1. The van der Waals surface area contributed by atoms with Crippen LogP contribution in [0.1, 0.15) is 44.9 Å². The van der Waals surface area contributed by atoms with Crippen molar-refractivity contribution in [1.82, 2.24) is 14.9 Å². The molecule has 0 saturated carbocycles. The van der Waals surface area contributed by atoms with E-state index >= 15 is 0 Å². The van der Waals surface area contributed by atoms with Crippen LogP contribution >= 0.6 is 11.3 Å². The summed E-state index contributed by atoms with van der Waals surface area (Å²) in [7, 11) is 1.61. The third kappa shape index (κ3) is 5.12. The number of fused-ring (bicyclic) bond motifs is 1. The maximum absolute atomic E-state index is 13.5. The van der Waals surface area contributed by atoms with Gasteiger partial charge in [0.05, 0.1) is 24.2 Å². The Morgan fingerprint density at radius 2 is 2.17 bits per heavy atom. The molecule has 1 unspecified atom stereocenters. The van der Waals surface area contributed by atoms with Gasteiger partial charge in [-0.3, -0.25) is 9.59 Å². The van der Waals surface area contributed by atoms with Gasteiger partial charge in [0.1, 0.15) is 10.4 Å². The Kier molecular flexibility index (Phi) is 7.18. The Bertz CT molecular complexity index is 1300. The first kappa shape index (κ1) is 23.6. The fourth-order valence-corrected chi connectivity index (χ4v) is 5.85. The summed E-state index contributed by atoms with van der Waals surface area (Å²) in [4.78, 5) is 33.6. The number of nitrogens with one attached hydrogen (secondary N) is 1. The van der Waals surface area contributed by atoms with E-state index in [2.05, 4.69) is 16.3 Å². The van der Waals surface area contributed by atoms with E-state index in [1.54, 1.807) is 11.7 Å². The van der Waals surface area contributed by atoms with Gasteiger partial charge in [-0.15, -0.1) is 11.3 Å². The van der Waals surface area contributed by atoms with Crippen molar-refractivity contribution in [2.75, 3.05) is 31.6 Å². The van der Waals surface area contributed by atoms with E-state index in [9.17, 15) is 9.59 Å². The van der Waals surface area contributed by atoms with E-state index < -0.39 is 0 Å². The molecule has 1 saturated heterocycles. The van der Waals surface area contributed by atoms with Crippen molar-refractivity contribution < 1.29 is 9.53 Å². The molecule has 0 spiro atoms. The predicted molar refractivity (Wildman–Crippen MR) is 141 cm³/mol. The van der Waals surface area contributed by atoms with E-state index in [-0.39, 0.29) is 17.4 Å². The zero-order valence-corrected chi connectivity index (χ0v) is 21.0. The monoisotopic (exact) mass is 492 g/mol. The number of hydrogen-bond acceptors (Lipinski definition) is 6. The Labute approximate surface area is 209 Å². The lowest BCUT2D eigenvalue weighted by Gasteiger charge is -2.34. The molecule has 3 heterocycles. The molecule has 1 N–H and O–H groups in total. The fraction of sp³-hybridized carbons (Fsp3) is 0.444. The van der Waals surface area contributed by atoms with Crippen LogP contribution in [0.4, 0.5) is 5.95 Å². The third-order valence-electron chi connectivity index (χ3n) is 6.98. The molecule has 1 atom stereocenters. The smallest absolute Gasteiger partial charge is 0.277 e. The average molecular weight is 493 g/mol. The topological polar surface area (TPSA) is 76.5 Å². The van der Waals surface area contributed by atoms with Gasteiger partial charge in [-0.2, -0.15) is 0 Å². The second kappa shape index (κ2) is 10.6. The molecule has 1 amide bonds. The van der Waals surface area contributed by atoms with E-state index in [1.807, 2.05) is 35.7 Å². The van der Waals surface area contributed by atoms with Crippen LogP contribution in [-0.2, 0) is 4.79 Å². The number of benzene rings is 1. The largest absolute Gasteiger partial charge is 0.497 e. The minimum absolute atomic E-state index is 0.0954. The van der Waals surface area contributed by atoms with Crippen LogP contribution in [0.3, 0.4) is 0 Å². The average Bonchev–Trinajstić information content (AvgIpc) is 3.38. The fourth-order valence-electron chi connectivity index (χ4n) is 5.09. The molecule has 2 aromatic heterocycles. The Hall–Kier alpha value is -3.13. The number of hydrogen-bond donors (Lipinski definition) is 1. The molecule has 1 fully saturated rings. The van der Waals surface area contributed by atoms with Crippen LogP contribution in [0.5, 0.6) is 5.75 Å². The van der Waals surface area contributed by atoms with Gasteiger partial charge < -0.3 is 15.0 Å². The quantitative estimate of drug-likeness (QED) is 0.485. The first-order valence-corrected chi connectivity index (χ1v) is 13.4. The summed E-state index contributed by atoms with van der Waals surface area (Å²) in [5.41, 5.74) is 2.78. The lowest BCUT2D eigenvalue weighted by Crippen LogP contribution is -2.45. The van der Waals surface area contributed by atoms with Gasteiger partial charge in [0, 0.05) is 25.7 Å². The molecule has 1 aliphatic carbocycles. The van der Waals surface area contributed by atoms with Crippen LogP contribution in [0, 0.1) is 5.92 Å². The number of thiophene rings is 1. The van der Waals surface area contributed by atoms with Crippen molar-refractivity contribution in [3.8, 4) is 11.4 Å². The number of allylic oxidation sites excluding steroid dienone is 1. The summed E-state index contributed by atoms with van der Waals surface area (Å²) in [5.74, 6) is 1.23. The summed E-state index contributed by atoms with van der Waals surface area (Å²) in [6.07, 6.45) is 9.85. The highest BCUT2D eigenvalue weighted by atomic mass is 32.1. The number of nitrogens with zero attached hydrogens (tertiary/aromatic N) is 3. The van der Waals surface area contributed by atoms with Crippen LogP contribution in [0.2, 0.25) is 0 Å². The van der Waals surface area contributed by atoms with Crippen molar-refractivity contribution in [3.63, 3.8) is 0 Å². The zero-order chi connectivity index (χ0) is 24.2. The molecular formula is C27H32N4O3S. The molecular weight excluding hydrogens is 460 g/mol. The molecule has 0 radical (unpaired) electrons. The van der Waals surface area contributed by atoms with E-state index in [4.69, 9.17) is 9.72 Å². The maximum atomic E-state index is 13.5. The van der Waals surface area contributed by atoms with Crippen LogP contribution in [-0.4, -0.2) is 42.2 Å². The maximum Gasteiger partial charge on any atom is 0.277 e. The molecule has 184 valence electrons. The van der Waals surface area contributed by atoms with E-state index in [0.29, 0.717) is 40.7 Å². The van der Waals surface area contributed by atoms with E-state index in [0.717, 1.165) is 38.6 Å². The lowest BCUT2D eigenvalue weighted by molar-refractivity contribution is -0.125. The number of carbonyl (C=O) groups is 1. The molecule has 0 bridgehead atoms. The summed E-state index contributed by atoms with van der Waals surface area (Å²) in [6, 6.07) is 9.35. The summed E-state index contributed by atoms with van der Waals surface area (Å²) in [5, 5.41) is 5.06. The molecule has 35 heavy (non-hydrogen) atoms. The minimum Gasteiger partial charge on any atom is -0.497 e. The van der Waals surface area contributed by atoms with Gasteiger partial charge in [-0.25, -0.2) is 9.55 Å². The van der Waals surface area contributed by atoms with Crippen LogP contribution in [0.15, 0.2) is 52.2 Å². The molecule has 2 aliphatic rings. The van der Waals surface area contributed by atoms with Gasteiger partial charge in [-0.05, 0) is 68.5 Å². The van der Waals surface area contributed by atoms with Gasteiger partial charge in [0.2, 0.25) is 11.9 Å². The number of carbonyl (C=O) groups excluding carboxylic acids is 1. The van der Waals surface area contributed by atoms with Gasteiger partial charge >= 0.3 is 0 Å². The predicted octanol–water partition coefficient (Wildman–Crippen LogP) is 4.68. The number of piperidine rings is 1. The first-order valence-electron chi connectivity index (χ1n) is 12.5. The molecule has 1 aromatic carbocycles. The van der Waals surface area contributed by atoms with Gasteiger partial charge in [-0.1, -0.05) is 17.7 Å².